The molecule has 9 nitrogen and oxygen atoms in total. The van der Waals surface area contributed by atoms with Crippen molar-refractivity contribution in [3.63, 3.8) is 0 Å². The summed E-state index contributed by atoms with van der Waals surface area (Å²) in [6.45, 7) is 4.31. The summed E-state index contributed by atoms with van der Waals surface area (Å²) in [6, 6.07) is 12.4. The summed E-state index contributed by atoms with van der Waals surface area (Å²) in [4.78, 5) is 15.3. The molecule has 39 heavy (non-hydrogen) atoms. The summed E-state index contributed by atoms with van der Waals surface area (Å²) >= 11 is 0. The molecule has 1 atom stereocenters. The second kappa shape index (κ2) is 13.1. The lowest BCUT2D eigenvalue weighted by Crippen LogP contribution is -2.39. The zero-order valence-corrected chi connectivity index (χ0v) is 23.6. The molecule has 2 heterocycles. The third-order valence-corrected chi connectivity index (χ3v) is 9.29. The fraction of sp³-hybridized carbons (Fsp3) is 0.483. The van der Waals surface area contributed by atoms with Gasteiger partial charge in [-0.05, 0) is 78.1 Å². The fourth-order valence-corrected chi connectivity index (χ4v) is 6.91. The van der Waals surface area contributed by atoms with E-state index in [0.717, 1.165) is 51.6 Å². The van der Waals surface area contributed by atoms with Crippen molar-refractivity contribution in [1.82, 2.24) is 14.6 Å². The van der Waals surface area contributed by atoms with Crippen LogP contribution in [0.25, 0.3) is 22.0 Å². The van der Waals surface area contributed by atoms with Crippen LogP contribution < -0.4 is 11.1 Å². The predicted octanol–water partition coefficient (Wildman–Crippen LogP) is 2.88. The number of carbonyl (C=O) groups excluding carboxylic acids is 1. The second-order valence-corrected chi connectivity index (χ2v) is 12.5. The van der Waals surface area contributed by atoms with Gasteiger partial charge in [0.25, 0.3) is 0 Å². The van der Waals surface area contributed by atoms with E-state index in [9.17, 15) is 18.3 Å². The van der Waals surface area contributed by atoms with E-state index in [4.69, 9.17) is 10.5 Å². The molecule has 4 rings (SSSR count). The number of methoxy groups -OCH3 is 1. The molecular formula is C29H40N4O5S. The minimum Gasteiger partial charge on any atom is -0.392 e. The number of H-pyrrole nitrogens is 1. The Morgan fingerprint density at radius 1 is 1.23 bits per heavy atom. The van der Waals surface area contributed by atoms with Gasteiger partial charge in [0, 0.05) is 57.0 Å². The van der Waals surface area contributed by atoms with E-state index < -0.39 is 22.0 Å². The zero-order chi connectivity index (χ0) is 28.0. The number of piperidine rings is 1. The van der Waals surface area contributed by atoms with Crippen molar-refractivity contribution in [2.75, 3.05) is 39.1 Å². The molecule has 0 aliphatic carbocycles. The minimum absolute atomic E-state index is 0.103. The molecule has 2 aromatic carbocycles. The second-order valence-electron chi connectivity index (χ2n) is 10.5. The van der Waals surface area contributed by atoms with Gasteiger partial charge in [0.05, 0.1) is 18.3 Å². The topological polar surface area (TPSA) is 138 Å². The van der Waals surface area contributed by atoms with E-state index in [-0.39, 0.29) is 18.1 Å². The van der Waals surface area contributed by atoms with Crippen molar-refractivity contribution in [3.05, 3.63) is 59.3 Å². The molecule has 1 fully saturated rings. The van der Waals surface area contributed by atoms with Crippen molar-refractivity contribution in [1.29, 1.82) is 0 Å². The molecule has 0 unspecified atom stereocenters. The number of nitrogens with one attached hydrogen (secondary N) is 2. The maximum atomic E-state index is 12.7. The van der Waals surface area contributed by atoms with Gasteiger partial charge < -0.3 is 25.9 Å². The fourth-order valence-electron chi connectivity index (χ4n) is 5.41. The molecule has 0 spiro atoms. The van der Waals surface area contributed by atoms with Gasteiger partial charge in [-0.25, -0.2) is 12.7 Å². The molecule has 1 amide bonds. The number of aliphatic hydroxyl groups is 1. The van der Waals surface area contributed by atoms with E-state index in [1.165, 1.54) is 0 Å². The number of carbonyl (C=O) groups is 1. The zero-order valence-electron chi connectivity index (χ0n) is 22.8. The highest BCUT2D eigenvalue weighted by Crippen LogP contribution is 2.37. The molecule has 212 valence electrons. The number of benzene rings is 2. The summed E-state index contributed by atoms with van der Waals surface area (Å²) in [5.41, 5.74) is 11.6. The minimum atomic E-state index is -3.29. The van der Waals surface area contributed by atoms with E-state index in [1.807, 2.05) is 30.5 Å². The van der Waals surface area contributed by atoms with Gasteiger partial charge in [0.2, 0.25) is 15.9 Å². The number of hydrogen-bond donors (Lipinski definition) is 4. The van der Waals surface area contributed by atoms with Gasteiger partial charge in [0.1, 0.15) is 0 Å². The van der Waals surface area contributed by atoms with Gasteiger partial charge >= 0.3 is 0 Å². The highest BCUT2D eigenvalue weighted by Gasteiger charge is 2.29. The van der Waals surface area contributed by atoms with Crippen LogP contribution >= 0.6 is 0 Å². The van der Waals surface area contributed by atoms with E-state index in [2.05, 4.69) is 22.4 Å². The summed E-state index contributed by atoms with van der Waals surface area (Å²) in [5, 5.41) is 13.8. The number of aromatic nitrogens is 1. The number of amides is 1. The normalized spacial score (nSPS) is 16.1. The quantitative estimate of drug-likeness (QED) is 0.239. The molecule has 1 aliphatic heterocycles. The van der Waals surface area contributed by atoms with Gasteiger partial charge in [-0.2, -0.15) is 0 Å². The number of primary amides is 1. The lowest BCUT2D eigenvalue weighted by molar-refractivity contribution is -0.117. The monoisotopic (exact) mass is 556 g/mol. The van der Waals surface area contributed by atoms with Crippen LogP contribution in [0.2, 0.25) is 0 Å². The van der Waals surface area contributed by atoms with E-state index >= 15 is 0 Å². The standard InChI is InChI=1S/C29H40N4O5S/c1-20(34)17-31-18-21-5-3-6-23(13-21)24-14-25(16-28(30)35)29-26(15-24)27(19-32-29)22-7-9-33(10-8-22)39(36,37)12-4-11-38-2/h3,5-6,13-15,19-20,22,31-32,34H,4,7-12,16-18H2,1-2H3,(H2,30,35)/t20-/m0/s1. The van der Waals surface area contributed by atoms with Crippen molar-refractivity contribution in [3.8, 4) is 11.1 Å². The van der Waals surface area contributed by atoms with Crippen LogP contribution in [0.15, 0.2) is 42.6 Å². The van der Waals surface area contributed by atoms with Crippen LogP contribution in [0, 0.1) is 0 Å². The van der Waals surface area contributed by atoms with Crippen LogP contribution in [0.4, 0.5) is 0 Å². The Morgan fingerprint density at radius 3 is 2.69 bits per heavy atom. The Hall–Kier alpha value is -2.76. The first-order valence-electron chi connectivity index (χ1n) is 13.5. The summed E-state index contributed by atoms with van der Waals surface area (Å²) in [5.74, 6) is -0.0870. The average molecular weight is 557 g/mol. The number of aliphatic hydroxyl groups excluding tert-OH is 1. The van der Waals surface area contributed by atoms with Crippen LogP contribution in [0.5, 0.6) is 0 Å². The molecule has 1 aromatic heterocycles. The van der Waals surface area contributed by atoms with Crippen molar-refractivity contribution < 1.29 is 23.1 Å². The third kappa shape index (κ3) is 7.46. The van der Waals surface area contributed by atoms with Gasteiger partial charge in [-0.3, -0.25) is 4.79 Å². The third-order valence-electron chi connectivity index (χ3n) is 7.33. The molecule has 5 N–H and O–H groups in total. The average Bonchev–Trinajstić information content (AvgIpc) is 3.33. The Kier molecular flexibility index (Phi) is 9.79. The molecular weight excluding hydrogens is 516 g/mol. The van der Waals surface area contributed by atoms with Crippen molar-refractivity contribution >= 4 is 26.8 Å². The molecule has 1 aliphatic rings. The first-order valence-corrected chi connectivity index (χ1v) is 15.2. The molecule has 0 radical (unpaired) electrons. The molecule has 0 bridgehead atoms. The highest BCUT2D eigenvalue weighted by atomic mass is 32.2. The lowest BCUT2D eigenvalue weighted by Gasteiger charge is -2.31. The molecule has 3 aromatic rings. The summed E-state index contributed by atoms with van der Waals surface area (Å²) in [7, 11) is -1.72. The number of nitrogens with zero attached hydrogens (tertiary/aromatic N) is 1. The Morgan fingerprint density at radius 2 is 2.00 bits per heavy atom. The summed E-state index contributed by atoms with van der Waals surface area (Å²) < 4.78 is 32.1. The Labute approximate surface area is 230 Å². The van der Waals surface area contributed by atoms with Crippen molar-refractivity contribution in [2.45, 2.75) is 51.2 Å². The predicted molar refractivity (Wildman–Crippen MR) is 154 cm³/mol. The van der Waals surface area contributed by atoms with E-state index in [1.54, 1.807) is 18.3 Å². The number of nitrogens with two attached hydrogens (primary N) is 1. The number of fused-ring (bicyclic) bond motifs is 1. The number of sulfonamides is 1. The lowest BCUT2D eigenvalue weighted by atomic mass is 9.88. The van der Waals surface area contributed by atoms with Gasteiger partial charge in [-0.15, -0.1) is 0 Å². The maximum absolute atomic E-state index is 12.7. The van der Waals surface area contributed by atoms with Crippen LogP contribution in [-0.4, -0.2) is 73.9 Å². The van der Waals surface area contributed by atoms with Crippen LogP contribution in [-0.2, 0) is 32.5 Å². The number of hydrogen-bond acceptors (Lipinski definition) is 6. The van der Waals surface area contributed by atoms with Gasteiger partial charge in [-0.1, -0.05) is 18.2 Å². The first kappa shape index (κ1) is 29.2. The maximum Gasteiger partial charge on any atom is 0.221 e. The van der Waals surface area contributed by atoms with Gasteiger partial charge in [0.15, 0.2) is 0 Å². The van der Waals surface area contributed by atoms with E-state index in [0.29, 0.717) is 39.2 Å². The molecule has 1 saturated heterocycles. The Balaban J connectivity index is 1.60. The largest absolute Gasteiger partial charge is 0.392 e. The number of aromatic amines is 1. The first-order chi connectivity index (χ1) is 18.7. The van der Waals surface area contributed by atoms with Crippen LogP contribution in [0.1, 0.15) is 48.8 Å². The van der Waals surface area contributed by atoms with Crippen molar-refractivity contribution in [2.24, 2.45) is 5.73 Å². The number of ether oxygens (including phenoxy) is 1. The SMILES string of the molecule is COCCCS(=O)(=O)N1CCC(c2c[nH]c3c(CC(N)=O)cc(-c4cccc(CNC[C@H](C)O)c4)cc23)CC1. The number of rotatable bonds is 13. The summed E-state index contributed by atoms with van der Waals surface area (Å²) in [6.07, 6.45) is 3.67. The van der Waals surface area contributed by atoms with Crippen LogP contribution in [0.3, 0.4) is 0 Å². The smallest absolute Gasteiger partial charge is 0.221 e. The Bertz CT molecular complexity index is 1380. The molecule has 0 saturated carbocycles. The highest BCUT2D eigenvalue weighted by molar-refractivity contribution is 7.89. The molecule has 10 heteroatoms.